The Labute approximate surface area is 139 Å². The first-order chi connectivity index (χ1) is 10.7. The van der Waals surface area contributed by atoms with E-state index in [9.17, 15) is 5.11 Å². The largest absolute Gasteiger partial charge is 0.506 e. The molecule has 118 valence electrons. The van der Waals surface area contributed by atoms with Crippen LogP contribution in [0, 0.1) is 0 Å². The zero-order valence-electron chi connectivity index (χ0n) is 13.3. The van der Waals surface area contributed by atoms with Crippen LogP contribution >= 0.6 is 11.6 Å². The second-order valence-corrected chi connectivity index (χ2v) is 6.29. The van der Waals surface area contributed by atoms with Crippen LogP contribution < -0.4 is 0 Å². The molecule has 0 aliphatic heterocycles. The van der Waals surface area contributed by atoms with Crippen molar-refractivity contribution in [1.29, 1.82) is 0 Å². The molecular formula is C20H25ClO. The number of aromatic hydroxyl groups is 1. The van der Waals surface area contributed by atoms with Crippen LogP contribution in [-0.4, -0.2) is 5.11 Å². The average molecular weight is 317 g/mol. The van der Waals surface area contributed by atoms with Crippen molar-refractivity contribution in [2.45, 2.75) is 51.9 Å². The summed E-state index contributed by atoms with van der Waals surface area (Å²) in [7, 11) is 0. The Morgan fingerprint density at radius 3 is 2.14 bits per heavy atom. The molecule has 0 aromatic heterocycles. The summed E-state index contributed by atoms with van der Waals surface area (Å²) < 4.78 is 0. The van der Waals surface area contributed by atoms with Crippen LogP contribution in [0.4, 0.5) is 0 Å². The first-order valence-electron chi connectivity index (χ1n) is 8.28. The summed E-state index contributed by atoms with van der Waals surface area (Å²) in [5.41, 5.74) is 3.56. The number of halogens is 1. The second-order valence-electron chi connectivity index (χ2n) is 5.88. The zero-order valence-corrected chi connectivity index (χ0v) is 14.1. The van der Waals surface area contributed by atoms with Gasteiger partial charge in [0.2, 0.25) is 0 Å². The van der Waals surface area contributed by atoms with E-state index in [0.29, 0.717) is 5.02 Å². The molecule has 0 aliphatic rings. The van der Waals surface area contributed by atoms with Crippen LogP contribution in [0.25, 0.3) is 11.1 Å². The van der Waals surface area contributed by atoms with Crippen molar-refractivity contribution in [3.05, 3.63) is 53.1 Å². The van der Waals surface area contributed by atoms with Crippen molar-refractivity contribution >= 4 is 11.6 Å². The molecule has 0 heterocycles. The van der Waals surface area contributed by atoms with E-state index in [1.165, 1.54) is 44.1 Å². The molecule has 1 N–H and O–H groups in total. The van der Waals surface area contributed by atoms with E-state index < -0.39 is 0 Å². The molecule has 0 fully saturated rings. The molecule has 2 heteroatoms. The summed E-state index contributed by atoms with van der Waals surface area (Å²) in [4.78, 5) is 0. The van der Waals surface area contributed by atoms with E-state index in [1.807, 2.05) is 6.07 Å². The SMILES string of the molecule is CCCCCCCCc1ccc(-c2ccc(O)c(Cl)c2)cc1. The van der Waals surface area contributed by atoms with E-state index >= 15 is 0 Å². The summed E-state index contributed by atoms with van der Waals surface area (Å²) in [5.74, 6) is 0.130. The highest BCUT2D eigenvalue weighted by Gasteiger charge is 2.03. The van der Waals surface area contributed by atoms with Gasteiger partial charge >= 0.3 is 0 Å². The molecule has 22 heavy (non-hydrogen) atoms. The molecule has 0 radical (unpaired) electrons. The van der Waals surface area contributed by atoms with Crippen LogP contribution in [0.15, 0.2) is 42.5 Å². The Kier molecular flexibility index (Phi) is 6.79. The molecule has 0 aliphatic carbocycles. The van der Waals surface area contributed by atoms with Gasteiger partial charge in [0.15, 0.2) is 0 Å². The van der Waals surface area contributed by atoms with Crippen LogP contribution in [0.5, 0.6) is 5.75 Å². The Morgan fingerprint density at radius 2 is 1.45 bits per heavy atom. The van der Waals surface area contributed by atoms with Gasteiger partial charge in [0.1, 0.15) is 5.75 Å². The summed E-state index contributed by atoms with van der Waals surface area (Å²) in [6.07, 6.45) is 9.16. The van der Waals surface area contributed by atoms with Crippen molar-refractivity contribution in [3.8, 4) is 16.9 Å². The number of rotatable bonds is 8. The highest BCUT2D eigenvalue weighted by atomic mass is 35.5. The van der Waals surface area contributed by atoms with Crippen LogP contribution in [0.3, 0.4) is 0 Å². The summed E-state index contributed by atoms with van der Waals surface area (Å²) in [5, 5.41) is 9.87. The van der Waals surface area contributed by atoms with Crippen molar-refractivity contribution < 1.29 is 5.11 Å². The van der Waals surface area contributed by atoms with Gasteiger partial charge in [-0.3, -0.25) is 0 Å². The van der Waals surface area contributed by atoms with E-state index in [2.05, 4.69) is 31.2 Å². The van der Waals surface area contributed by atoms with Crippen molar-refractivity contribution in [1.82, 2.24) is 0 Å². The van der Waals surface area contributed by atoms with Gasteiger partial charge < -0.3 is 5.11 Å². The average Bonchev–Trinajstić information content (AvgIpc) is 2.54. The smallest absolute Gasteiger partial charge is 0.134 e. The maximum Gasteiger partial charge on any atom is 0.134 e. The van der Waals surface area contributed by atoms with Gasteiger partial charge in [-0.25, -0.2) is 0 Å². The monoisotopic (exact) mass is 316 g/mol. The molecular weight excluding hydrogens is 292 g/mol. The summed E-state index contributed by atoms with van der Waals surface area (Å²) in [6, 6.07) is 14.0. The quantitative estimate of drug-likeness (QED) is 0.543. The number of benzene rings is 2. The fourth-order valence-electron chi connectivity index (χ4n) is 2.66. The van der Waals surface area contributed by atoms with Gasteiger partial charge in [-0.1, -0.05) is 81.0 Å². The minimum absolute atomic E-state index is 0.130. The minimum Gasteiger partial charge on any atom is -0.506 e. The predicted molar refractivity (Wildman–Crippen MR) is 95.6 cm³/mol. The Balaban J connectivity index is 1.86. The highest BCUT2D eigenvalue weighted by Crippen LogP contribution is 2.29. The molecule has 1 nitrogen and oxygen atoms in total. The van der Waals surface area contributed by atoms with Crippen molar-refractivity contribution in [2.24, 2.45) is 0 Å². The lowest BCUT2D eigenvalue weighted by atomic mass is 10.0. The molecule has 2 aromatic rings. The van der Waals surface area contributed by atoms with Crippen molar-refractivity contribution in [2.75, 3.05) is 0 Å². The van der Waals surface area contributed by atoms with Crippen LogP contribution in [0.2, 0.25) is 5.02 Å². The first-order valence-corrected chi connectivity index (χ1v) is 8.66. The topological polar surface area (TPSA) is 20.2 Å². The summed E-state index contributed by atoms with van der Waals surface area (Å²) in [6.45, 7) is 2.25. The van der Waals surface area contributed by atoms with E-state index in [-0.39, 0.29) is 5.75 Å². The lowest BCUT2D eigenvalue weighted by Gasteiger charge is -2.06. The van der Waals surface area contributed by atoms with Gasteiger partial charge in [-0.2, -0.15) is 0 Å². The third-order valence-corrected chi connectivity index (χ3v) is 4.36. The number of hydrogen-bond acceptors (Lipinski definition) is 1. The molecule has 0 amide bonds. The lowest BCUT2D eigenvalue weighted by molar-refractivity contribution is 0.475. The summed E-state index contributed by atoms with van der Waals surface area (Å²) >= 11 is 5.97. The molecule has 0 spiro atoms. The Bertz CT molecular complexity index is 575. The van der Waals surface area contributed by atoms with Gasteiger partial charge in [0, 0.05) is 0 Å². The first kappa shape index (κ1) is 16.9. The molecule has 0 saturated heterocycles. The van der Waals surface area contributed by atoms with Crippen molar-refractivity contribution in [3.63, 3.8) is 0 Å². The third-order valence-electron chi connectivity index (χ3n) is 4.05. The maximum absolute atomic E-state index is 9.48. The predicted octanol–water partition coefficient (Wildman–Crippen LogP) is 6.62. The molecule has 0 unspecified atom stereocenters. The number of aryl methyl sites for hydroxylation is 1. The fourth-order valence-corrected chi connectivity index (χ4v) is 2.84. The Morgan fingerprint density at radius 1 is 0.818 bits per heavy atom. The van der Waals surface area contributed by atoms with Gasteiger partial charge in [0.05, 0.1) is 5.02 Å². The third kappa shape index (κ3) is 5.06. The molecule has 0 saturated carbocycles. The van der Waals surface area contributed by atoms with E-state index in [0.717, 1.165) is 17.5 Å². The zero-order chi connectivity index (χ0) is 15.8. The lowest BCUT2D eigenvalue weighted by Crippen LogP contribution is -1.87. The van der Waals surface area contributed by atoms with E-state index in [4.69, 9.17) is 11.6 Å². The standard InChI is InChI=1S/C20H25ClO/c1-2-3-4-5-6-7-8-16-9-11-17(12-10-16)18-13-14-20(22)19(21)15-18/h9-15,22H,2-8H2,1H3. The highest BCUT2D eigenvalue weighted by molar-refractivity contribution is 6.32. The minimum atomic E-state index is 0.130. The van der Waals surface area contributed by atoms with Gasteiger partial charge in [0.25, 0.3) is 0 Å². The number of phenols is 1. The Hall–Kier alpha value is -1.47. The van der Waals surface area contributed by atoms with Crippen LogP contribution in [-0.2, 0) is 6.42 Å². The molecule has 2 aromatic carbocycles. The number of phenolic OH excluding ortho intramolecular Hbond substituents is 1. The number of hydrogen-bond donors (Lipinski definition) is 1. The van der Waals surface area contributed by atoms with Gasteiger partial charge in [-0.15, -0.1) is 0 Å². The van der Waals surface area contributed by atoms with Crippen LogP contribution in [0.1, 0.15) is 51.0 Å². The van der Waals surface area contributed by atoms with Gasteiger partial charge in [-0.05, 0) is 41.7 Å². The van der Waals surface area contributed by atoms with E-state index in [1.54, 1.807) is 12.1 Å². The molecule has 2 rings (SSSR count). The normalized spacial score (nSPS) is 10.8. The second kappa shape index (κ2) is 8.85. The molecule has 0 bridgehead atoms. The molecule has 0 atom stereocenters. The maximum atomic E-state index is 9.48. The fraction of sp³-hybridized carbons (Fsp3) is 0.400. The number of unbranched alkanes of at least 4 members (excludes halogenated alkanes) is 5.